The van der Waals surface area contributed by atoms with Crippen LogP contribution in [0.4, 0.5) is 5.69 Å². The fourth-order valence-corrected chi connectivity index (χ4v) is 3.50. The van der Waals surface area contributed by atoms with Gasteiger partial charge in [-0.1, -0.05) is 48.5 Å². The van der Waals surface area contributed by atoms with Gasteiger partial charge in [0.05, 0.1) is 10.7 Å². The fraction of sp³-hybridized carbons (Fsp3) is 0.238. The van der Waals surface area contributed by atoms with Crippen molar-refractivity contribution < 1.29 is 0 Å². The number of allylic oxidation sites excluding steroid dienone is 5. The summed E-state index contributed by atoms with van der Waals surface area (Å²) in [5, 5.41) is 10.4. The van der Waals surface area contributed by atoms with Gasteiger partial charge in [-0.05, 0) is 30.2 Å². The summed E-state index contributed by atoms with van der Waals surface area (Å²) < 4.78 is 0. The second-order valence-corrected chi connectivity index (χ2v) is 7.61. The summed E-state index contributed by atoms with van der Waals surface area (Å²) >= 11 is 7.38. The molecule has 3 rings (SSSR count). The highest BCUT2D eigenvalue weighted by atomic mass is 35.5. The van der Waals surface area contributed by atoms with Gasteiger partial charge in [0.2, 0.25) is 0 Å². The lowest BCUT2D eigenvalue weighted by Crippen LogP contribution is -2.35. The van der Waals surface area contributed by atoms with Gasteiger partial charge < -0.3 is 10.6 Å². The molecule has 0 aliphatic carbocycles. The maximum Gasteiger partial charge on any atom is 0.195 e. The van der Waals surface area contributed by atoms with Crippen LogP contribution in [0.2, 0.25) is 0 Å². The standard InChI is InChI=1S/C21H23ClN4S/c1-16(22)6-3-2-4-7-19-15-27-20(25-19)14-17-8-10-18(11-9-17)26-21-23-12-5-13-24-21/h2-4,6,8-11,15H,1,5,7,12-14H2,(H2,23,24,26)/b4-2-,6-3-. The molecule has 0 fully saturated rings. The number of rotatable bonds is 7. The number of thiazole rings is 1. The van der Waals surface area contributed by atoms with E-state index in [1.165, 1.54) is 5.56 Å². The lowest BCUT2D eigenvalue weighted by molar-refractivity contribution is 0.740. The highest BCUT2D eigenvalue weighted by Crippen LogP contribution is 2.17. The predicted molar refractivity (Wildman–Crippen MR) is 117 cm³/mol. The first kappa shape index (κ1) is 19.4. The number of aromatic nitrogens is 1. The topological polar surface area (TPSA) is 49.3 Å². The van der Waals surface area contributed by atoms with Gasteiger partial charge in [-0.25, -0.2) is 4.98 Å². The minimum absolute atomic E-state index is 0.528. The Labute approximate surface area is 169 Å². The molecule has 1 aromatic carbocycles. The number of benzene rings is 1. The van der Waals surface area contributed by atoms with Crippen LogP contribution in [0.15, 0.2) is 70.6 Å². The highest BCUT2D eigenvalue weighted by molar-refractivity contribution is 7.09. The van der Waals surface area contributed by atoms with Crippen molar-refractivity contribution in [3.05, 3.63) is 81.8 Å². The molecule has 1 aliphatic heterocycles. The Morgan fingerprint density at radius 3 is 2.89 bits per heavy atom. The van der Waals surface area contributed by atoms with E-state index in [0.717, 1.165) is 54.7 Å². The van der Waals surface area contributed by atoms with Gasteiger partial charge in [0, 0.05) is 42.0 Å². The molecule has 4 nitrogen and oxygen atoms in total. The first-order chi connectivity index (χ1) is 13.2. The molecule has 2 heterocycles. The molecular formula is C21H23ClN4S. The zero-order chi connectivity index (χ0) is 18.9. The predicted octanol–water partition coefficient (Wildman–Crippen LogP) is 4.90. The molecule has 0 radical (unpaired) electrons. The van der Waals surface area contributed by atoms with Gasteiger partial charge in [0.15, 0.2) is 5.96 Å². The summed E-state index contributed by atoms with van der Waals surface area (Å²) in [4.78, 5) is 9.14. The zero-order valence-corrected chi connectivity index (χ0v) is 16.7. The van der Waals surface area contributed by atoms with Crippen LogP contribution in [0.1, 0.15) is 22.7 Å². The van der Waals surface area contributed by atoms with Gasteiger partial charge in [-0.2, -0.15) is 0 Å². The summed E-state index contributed by atoms with van der Waals surface area (Å²) in [6, 6.07) is 8.44. The number of hydrogen-bond donors (Lipinski definition) is 2. The Balaban J connectivity index is 1.51. The van der Waals surface area contributed by atoms with Crippen molar-refractivity contribution in [3.63, 3.8) is 0 Å². The number of nitrogens with zero attached hydrogens (tertiary/aromatic N) is 2. The minimum atomic E-state index is 0.528. The third kappa shape index (κ3) is 6.70. The lowest BCUT2D eigenvalue weighted by atomic mass is 10.1. The van der Waals surface area contributed by atoms with Crippen molar-refractivity contribution in [1.29, 1.82) is 0 Å². The largest absolute Gasteiger partial charge is 0.356 e. The van der Waals surface area contributed by atoms with E-state index in [1.807, 2.05) is 12.2 Å². The Hall–Kier alpha value is -2.37. The van der Waals surface area contributed by atoms with Crippen LogP contribution in [0, 0.1) is 0 Å². The normalized spacial score (nSPS) is 14.3. The van der Waals surface area contributed by atoms with Crippen LogP contribution in [-0.4, -0.2) is 24.0 Å². The monoisotopic (exact) mass is 398 g/mol. The first-order valence-electron chi connectivity index (χ1n) is 8.94. The summed E-state index contributed by atoms with van der Waals surface area (Å²) in [7, 11) is 0. The quantitative estimate of drug-likeness (QED) is 0.652. The van der Waals surface area contributed by atoms with Crippen LogP contribution < -0.4 is 10.6 Å². The molecule has 0 spiro atoms. The summed E-state index contributed by atoms with van der Waals surface area (Å²) in [6.45, 7) is 5.47. The molecule has 140 valence electrons. The summed E-state index contributed by atoms with van der Waals surface area (Å²) in [5.74, 6) is 0.858. The van der Waals surface area contributed by atoms with Gasteiger partial charge in [0.25, 0.3) is 0 Å². The third-order valence-electron chi connectivity index (χ3n) is 3.92. The molecule has 2 aromatic rings. The molecule has 0 atom stereocenters. The fourth-order valence-electron chi connectivity index (χ4n) is 2.58. The van der Waals surface area contributed by atoms with E-state index >= 15 is 0 Å². The number of guanidine groups is 1. The van der Waals surface area contributed by atoms with Crippen molar-refractivity contribution in [3.8, 4) is 0 Å². The van der Waals surface area contributed by atoms with Crippen molar-refractivity contribution in [2.75, 3.05) is 18.4 Å². The number of nitrogens with one attached hydrogen (secondary N) is 2. The van der Waals surface area contributed by atoms with E-state index in [4.69, 9.17) is 16.6 Å². The van der Waals surface area contributed by atoms with Crippen molar-refractivity contribution in [2.45, 2.75) is 19.3 Å². The van der Waals surface area contributed by atoms with Gasteiger partial charge in [-0.3, -0.25) is 4.99 Å². The maximum atomic E-state index is 5.67. The van der Waals surface area contributed by atoms with E-state index in [-0.39, 0.29) is 0 Å². The van der Waals surface area contributed by atoms with E-state index in [9.17, 15) is 0 Å². The average molecular weight is 399 g/mol. The van der Waals surface area contributed by atoms with Gasteiger partial charge in [0.1, 0.15) is 0 Å². The van der Waals surface area contributed by atoms with Crippen molar-refractivity contribution in [1.82, 2.24) is 10.3 Å². The Morgan fingerprint density at radius 2 is 2.15 bits per heavy atom. The first-order valence-corrected chi connectivity index (χ1v) is 10.2. The average Bonchev–Trinajstić information content (AvgIpc) is 3.11. The lowest BCUT2D eigenvalue weighted by Gasteiger charge is -2.16. The van der Waals surface area contributed by atoms with Crippen LogP contribution in [0.5, 0.6) is 0 Å². The Kier molecular flexibility index (Phi) is 7.25. The Morgan fingerprint density at radius 1 is 1.30 bits per heavy atom. The van der Waals surface area contributed by atoms with Crippen LogP contribution in [-0.2, 0) is 12.8 Å². The molecule has 27 heavy (non-hydrogen) atoms. The number of hydrogen-bond acceptors (Lipinski definition) is 5. The van der Waals surface area contributed by atoms with Gasteiger partial charge in [-0.15, -0.1) is 11.3 Å². The molecule has 0 saturated carbocycles. The second-order valence-electron chi connectivity index (χ2n) is 6.18. The molecular weight excluding hydrogens is 376 g/mol. The summed E-state index contributed by atoms with van der Waals surface area (Å²) in [5.41, 5.74) is 3.38. The van der Waals surface area contributed by atoms with E-state index in [2.05, 4.69) is 57.9 Å². The van der Waals surface area contributed by atoms with E-state index in [0.29, 0.717) is 5.03 Å². The van der Waals surface area contributed by atoms with E-state index < -0.39 is 0 Å². The molecule has 1 aliphatic rings. The smallest absolute Gasteiger partial charge is 0.195 e. The molecule has 2 N–H and O–H groups in total. The molecule has 1 aromatic heterocycles. The number of anilines is 1. The zero-order valence-electron chi connectivity index (χ0n) is 15.1. The molecule has 6 heteroatoms. The second kappa shape index (κ2) is 10.1. The molecule has 0 amide bonds. The van der Waals surface area contributed by atoms with Crippen LogP contribution in [0.25, 0.3) is 0 Å². The highest BCUT2D eigenvalue weighted by Gasteiger charge is 2.05. The Bertz CT molecular complexity index is 849. The molecule has 0 unspecified atom stereocenters. The van der Waals surface area contributed by atoms with Crippen LogP contribution in [0.3, 0.4) is 0 Å². The van der Waals surface area contributed by atoms with Crippen molar-refractivity contribution >= 4 is 34.6 Å². The number of aliphatic imine (C=N–C) groups is 1. The third-order valence-corrected chi connectivity index (χ3v) is 4.94. The SMILES string of the molecule is C=C(Cl)/C=C\C=C/Cc1csc(Cc2ccc(NC3=NCCCN3)cc2)n1. The molecule has 0 saturated heterocycles. The molecule has 0 bridgehead atoms. The number of halogens is 1. The van der Waals surface area contributed by atoms with E-state index in [1.54, 1.807) is 17.4 Å². The minimum Gasteiger partial charge on any atom is -0.356 e. The van der Waals surface area contributed by atoms with Crippen molar-refractivity contribution in [2.24, 2.45) is 4.99 Å². The van der Waals surface area contributed by atoms with Crippen LogP contribution >= 0.6 is 22.9 Å². The maximum absolute atomic E-state index is 5.67. The summed E-state index contributed by atoms with van der Waals surface area (Å²) in [6.07, 6.45) is 10.4. The van der Waals surface area contributed by atoms with Gasteiger partial charge >= 0.3 is 0 Å².